The van der Waals surface area contributed by atoms with Crippen LogP contribution in [0.5, 0.6) is 0 Å². The van der Waals surface area contributed by atoms with Crippen LogP contribution in [-0.2, 0) is 16.4 Å². The van der Waals surface area contributed by atoms with Crippen molar-refractivity contribution in [1.82, 2.24) is 10.0 Å². The van der Waals surface area contributed by atoms with Crippen LogP contribution in [0.25, 0.3) is 0 Å². The molecule has 1 aliphatic carbocycles. The fourth-order valence-electron chi connectivity index (χ4n) is 4.63. The zero-order chi connectivity index (χ0) is 24.1. The van der Waals surface area contributed by atoms with E-state index in [9.17, 15) is 23.3 Å². The first-order valence-corrected chi connectivity index (χ1v) is 13.2. The number of amides is 1. The van der Waals surface area contributed by atoms with Gasteiger partial charge in [-0.25, -0.2) is 13.1 Å². The minimum Gasteiger partial charge on any atom is -0.366 e. The van der Waals surface area contributed by atoms with Gasteiger partial charge in [-0.1, -0.05) is 25.0 Å². The quantitative estimate of drug-likeness (QED) is 0.414. The molecule has 0 spiro atoms. The summed E-state index contributed by atoms with van der Waals surface area (Å²) >= 11 is 0. The molecule has 4 rings (SSSR count). The number of rotatable bonds is 9. The Hall–Kier alpha value is -2.98. The predicted octanol–water partition coefficient (Wildman–Crippen LogP) is 3.39. The van der Waals surface area contributed by atoms with E-state index in [1.54, 1.807) is 36.4 Å². The number of nitrogens with one attached hydrogen (secondary N) is 2. The van der Waals surface area contributed by atoms with Gasteiger partial charge in [0, 0.05) is 37.3 Å². The van der Waals surface area contributed by atoms with Gasteiger partial charge in [-0.15, -0.1) is 0 Å². The van der Waals surface area contributed by atoms with E-state index in [2.05, 4.69) is 10.0 Å². The van der Waals surface area contributed by atoms with E-state index in [1.807, 2.05) is 4.90 Å². The second-order valence-corrected chi connectivity index (χ2v) is 10.6. The van der Waals surface area contributed by atoms with Gasteiger partial charge in [-0.05, 0) is 61.9 Å². The van der Waals surface area contributed by atoms with Gasteiger partial charge in [0.1, 0.15) is 5.69 Å². The van der Waals surface area contributed by atoms with E-state index in [-0.39, 0.29) is 28.1 Å². The smallest absolute Gasteiger partial charge is 0.293 e. The summed E-state index contributed by atoms with van der Waals surface area (Å²) in [5, 5.41) is 14.3. The van der Waals surface area contributed by atoms with E-state index in [0.717, 1.165) is 57.2 Å². The molecule has 34 heavy (non-hydrogen) atoms. The number of sulfonamides is 1. The number of carbonyl (C=O) groups excluding carboxylic acids is 1. The molecule has 0 aromatic heterocycles. The van der Waals surface area contributed by atoms with Gasteiger partial charge in [0.05, 0.1) is 9.82 Å². The highest BCUT2D eigenvalue weighted by Gasteiger charge is 2.24. The minimum atomic E-state index is -3.53. The Labute approximate surface area is 199 Å². The second-order valence-electron chi connectivity index (χ2n) is 8.91. The summed E-state index contributed by atoms with van der Waals surface area (Å²) in [5.74, 6) is -0.379. The molecule has 9 nitrogen and oxygen atoms in total. The molecule has 1 saturated heterocycles. The summed E-state index contributed by atoms with van der Waals surface area (Å²) in [6.07, 6.45) is 6.37. The van der Waals surface area contributed by atoms with E-state index in [0.29, 0.717) is 18.7 Å². The molecule has 0 radical (unpaired) electrons. The maximum absolute atomic E-state index is 12.6. The highest BCUT2D eigenvalue weighted by atomic mass is 32.2. The number of nitro groups is 1. The normalized spacial score (nSPS) is 16.6. The Morgan fingerprint density at radius 3 is 2.35 bits per heavy atom. The molecule has 2 aromatic rings. The lowest BCUT2D eigenvalue weighted by Crippen LogP contribution is -2.32. The fraction of sp³-hybridized carbons (Fsp3) is 0.458. The molecular formula is C24H30N4O5S. The number of carbonyl (C=O) groups is 1. The molecule has 0 bridgehead atoms. The number of hydrogen-bond acceptors (Lipinski definition) is 6. The van der Waals surface area contributed by atoms with Crippen molar-refractivity contribution >= 4 is 27.3 Å². The van der Waals surface area contributed by atoms with Gasteiger partial charge in [0.2, 0.25) is 10.0 Å². The standard InChI is InChI=1S/C24H30N4O5S/c29-24(19-9-12-22(23(17-19)28(30)31)27-15-3-4-16-27)25-14-13-18-7-10-21(11-8-18)34(32,33)26-20-5-1-2-6-20/h7-12,17,20,26H,1-6,13-16H2,(H,25,29). The second kappa shape index (κ2) is 10.5. The lowest BCUT2D eigenvalue weighted by atomic mass is 10.1. The fourth-order valence-corrected chi connectivity index (χ4v) is 5.93. The molecule has 2 N–H and O–H groups in total. The maximum atomic E-state index is 12.6. The summed E-state index contributed by atoms with van der Waals surface area (Å²) in [6, 6.07) is 11.3. The van der Waals surface area contributed by atoms with Crippen molar-refractivity contribution in [1.29, 1.82) is 0 Å². The van der Waals surface area contributed by atoms with Crippen LogP contribution in [0.1, 0.15) is 54.4 Å². The Balaban J connectivity index is 1.33. The predicted molar refractivity (Wildman–Crippen MR) is 130 cm³/mol. The van der Waals surface area contributed by atoms with Crippen LogP contribution in [0.15, 0.2) is 47.4 Å². The van der Waals surface area contributed by atoms with Crippen LogP contribution in [0, 0.1) is 10.1 Å². The van der Waals surface area contributed by atoms with Crippen molar-refractivity contribution in [2.24, 2.45) is 0 Å². The Morgan fingerprint density at radius 2 is 1.71 bits per heavy atom. The van der Waals surface area contributed by atoms with Crippen molar-refractivity contribution in [2.45, 2.75) is 55.9 Å². The van der Waals surface area contributed by atoms with Crippen LogP contribution < -0.4 is 14.9 Å². The summed E-state index contributed by atoms with van der Waals surface area (Å²) in [6.45, 7) is 1.89. The van der Waals surface area contributed by atoms with Gasteiger partial charge in [0.25, 0.3) is 11.6 Å². The highest BCUT2D eigenvalue weighted by molar-refractivity contribution is 7.89. The van der Waals surface area contributed by atoms with Crippen LogP contribution >= 0.6 is 0 Å². The summed E-state index contributed by atoms with van der Waals surface area (Å²) in [4.78, 5) is 25.9. The zero-order valence-electron chi connectivity index (χ0n) is 19.0. The van der Waals surface area contributed by atoms with Gasteiger partial charge in [-0.2, -0.15) is 0 Å². The van der Waals surface area contributed by atoms with Crippen molar-refractivity contribution in [3.05, 3.63) is 63.7 Å². The summed E-state index contributed by atoms with van der Waals surface area (Å²) in [7, 11) is -3.53. The topological polar surface area (TPSA) is 122 Å². The van der Waals surface area contributed by atoms with Crippen molar-refractivity contribution in [2.75, 3.05) is 24.5 Å². The van der Waals surface area contributed by atoms with E-state index < -0.39 is 14.9 Å². The number of hydrogen-bond donors (Lipinski definition) is 2. The zero-order valence-corrected chi connectivity index (χ0v) is 19.9. The number of benzene rings is 2. The molecule has 182 valence electrons. The molecule has 1 aliphatic heterocycles. The van der Waals surface area contributed by atoms with E-state index in [4.69, 9.17) is 0 Å². The SMILES string of the molecule is O=C(NCCc1ccc(S(=O)(=O)NC2CCCC2)cc1)c1ccc(N2CCCC2)c([N+](=O)[O-])c1. The highest BCUT2D eigenvalue weighted by Crippen LogP contribution is 2.31. The third-order valence-corrected chi connectivity index (χ3v) is 8.03. The average Bonchev–Trinajstić information content (AvgIpc) is 3.53. The molecule has 2 aliphatic rings. The third-order valence-electron chi connectivity index (χ3n) is 6.49. The Kier molecular flexibility index (Phi) is 7.47. The molecule has 10 heteroatoms. The molecule has 0 atom stereocenters. The first-order valence-electron chi connectivity index (χ1n) is 11.8. The van der Waals surface area contributed by atoms with Crippen molar-refractivity contribution < 1.29 is 18.1 Å². The van der Waals surface area contributed by atoms with E-state index in [1.165, 1.54) is 6.07 Å². The first-order chi connectivity index (χ1) is 16.3. The Bertz CT molecular complexity index is 1140. The number of nitro benzene ring substituents is 1. The molecule has 1 saturated carbocycles. The molecule has 1 amide bonds. The third kappa shape index (κ3) is 5.74. The van der Waals surface area contributed by atoms with Crippen LogP contribution in [0.3, 0.4) is 0 Å². The van der Waals surface area contributed by atoms with Gasteiger partial charge < -0.3 is 10.2 Å². The Morgan fingerprint density at radius 1 is 1.03 bits per heavy atom. The summed E-state index contributed by atoms with van der Waals surface area (Å²) in [5.41, 5.74) is 1.62. The molecule has 1 heterocycles. The maximum Gasteiger partial charge on any atom is 0.293 e. The van der Waals surface area contributed by atoms with Crippen molar-refractivity contribution in [3.8, 4) is 0 Å². The van der Waals surface area contributed by atoms with Gasteiger partial charge in [-0.3, -0.25) is 14.9 Å². The van der Waals surface area contributed by atoms with E-state index >= 15 is 0 Å². The van der Waals surface area contributed by atoms with Crippen molar-refractivity contribution in [3.63, 3.8) is 0 Å². The number of nitrogens with zero attached hydrogens (tertiary/aromatic N) is 2. The first kappa shape index (κ1) is 24.2. The van der Waals surface area contributed by atoms with Crippen LogP contribution in [0.4, 0.5) is 11.4 Å². The molecule has 2 fully saturated rings. The number of anilines is 1. The minimum absolute atomic E-state index is 0.0140. The van der Waals surface area contributed by atoms with Gasteiger partial charge in [0.15, 0.2) is 0 Å². The summed E-state index contributed by atoms with van der Waals surface area (Å²) < 4.78 is 27.8. The largest absolute Gasteiger partial charge is 0.366 e. The lowest BCUT2D eigenvalue weighted by molar-refractivity contribution is -0.384. The average molecular weight is 487 g/mol. The molecule has 2 aromatic carbocycles. The van der Waals surface area contributed by atoms with Gasteiger partial charge >= 0.3 is 0 Å². The lowest BCUT2D eigenvalue weighted by Gasteiger charge is -2.17. The monoisotopic (exact) mass is 486 g/mol. The molecular weight excluding hydrogens is 456 g/mol. The van der Waals surface area contributed by atoms with Crippen LogP contribution in [0.2, 0.25) is 0 Å². The molecule has 0 unspecified atom stereocenters. The van der Waals surface area contributed by atoms with Crippen LogP contribution in [-0.4, -0.2) is 44.9 Å².